The zero-order valence-electron chi connectivity index (χ0n) is 17.9. The SMILES string of the molecule is Cc1[nH]c(C(=O)OCC(=O)N2CCC[C@H]3CCCC[C@@H]32)c(C)c1C(=O)OC(C)C. The minimum Gasteiger partial charge on any atom is -0.459 e. The van der Waals surface area contributed by atoms with E-state index in [0.29, 0.717) is 22.7 Å². The molecule has 1 saturated carbocycles. The van der Waals surface area contributed by atoms with Crippen LogP contribution in [-0.4, -0.2) is 53.0 Å². The number of hydrogen-bond acceptors (Lipinski definition) is 5. The molecule has 2 aliphatic rings. The van der Waals surface area contributed by atoms with E-state index < -0.39 is 11.9 Å². The van der Waals surface area contributed by atoms with E-state index in [2.05, 4.69) is 4.98 Å². The molecular formula is C22H32N2O5. The molecule has 0 radical (unpaired) electrons. The summed E-state index contributed by atoms with van der Waals surface area (Å²) in [6.45, 7) is 7.40. The number of hydrogen-bond donors (Lipinski definition) is 1. The van der Waals surface area contributed by atoms with Crippen molar-refractivity contribution in [2.45, 2.75) is 78.4 Å². The minimum absolute atomic E-state index is 0.129. The van der Waals surface area contributed by atoms with Gasteiger partial charge in [0.15, 0.2) is 6.61 Å². The van der Waals surface area contributed by atoms with Crippen molar-refractivity contribution in [3.8, 4) is 0 Å². The lowest BCUT2D eigenvalue weighted by Crippen LogP contribution is -2.50. The molecule has 1 N–H and O–H groups in total. The van der Waals surface area contributed by atoms with Crippen LogP contribution in [0.25, 0.3) is 0 Å². The first-order valence-electron chi connectivity index (χ1n) is 10.7. The highest BCUT2D eigenvalue weighted by atomic mass is 16.5. The van der Waals surface area contributed by atoms with Crippen molar-refractivity contribution in [3.63, 3.8) is 0 Å². The largest absolute Gasteiger partial charge is 0.459 e. The maximum absolute atomic E-state index is 12.7. The van der Waals surface area contributed by atoms with Crippen LogP contribution in [0.15, 0.2) is 0 Å². The van der Waals surface area contributed by atoms with Gasteiger partial charge in [0.05, 0.1) is 11.7 Å². The van der Waals surface area contributed by atoms with Gasteiger partial charge in [0.1, 0.15) is 5.69 Å². The number of nitrogens with zero attached hydrogens (tertiary/aromatic N) is 1. The lowest BCUT2D eigenvalue weighted by Gasteiger charge is -2.44. The first-order chi connectivity index (χ1) is 13.8. The second-order valence-electron chi connectivity index (χ2n) is 8.50. The number of fused-ring (bicyclic) bond motifs is 1. The molecule has 3 rings (SSSR count). The van der Waals surface area contributed by atoms with Crippen LogP contribution in [0, 0.1) is 19.8 Å². The molecule has 0 unspecified atom stereocenters. The number of H-pyrrole nitrogens is 1. The van der Waals surface area contributed by atoms with Gasteiger partial charge in [0.25, 0.3) is 5.91 Å². The summed E-state index contributed by atoms with van der Waals surface area (Å²) in [5.41, 5.74) is 1.57. The number of aromatic nitrogens is 1. The first-order valence-corrected chi connectivity index (χ1v) is 10.7. The van der Waals surface area contributed by atoms with Crippen LogP contribution in [0.2, 0.25) is 0 Å². The van der Waals surface area contributed by atoms with Crippen molar-refractivity contribution in [3.05, 3.63) is 22.5 Å². The Labute approximate surface area is 172 Å². The fourth-order valence-corrected chi connectivity index (χ4v) is 4.75. The molecule has 1 aromatic rings. The standard InChI is InChI=1S/C22H32N2O5/c1-13(2)29-21(26)19-14(3)20(23-15(19)4)22(27)28-12-18(25)24-11-7-9-16-8-5-6-10-17(16)24/h13,16-17,23H,5-12H2,1-4H3/t16-,17+/m1/s1. The molecular weight excluding hydrogens is 372 g/mol. The van der Waals surface area contributed by atoms with E-state index in [-0.39, 0.29) is 30.4 Å². The Morgan fingerprint density at radius 1 is 1.07 bits per heavy atom. The Balaban J connectivity index is 1.63. The Hall–Kier alpha value is -2.31. The molecule has 2 heterocycles. The quantitative estimate of drug-likeness (QED) is 0.759. The van der Waals surface area contributed by atoms with E-state index in [1.807, 2.05) is 4.90 Å². The number of carbonyl (C=O) groups is 3. The molecule has 1 aliphatic carbocycles. The van der Waals surface area contributed by atoms with Crippen LogP contribution in [0.3, 0.4) is 0 Å². The summed E-state index contributed by atoms with van der Waals surface area (Å²) in [5.74, 6) is -0.645. The van der Waals surface area contributed by atoms with Gasteiger partial charge in [-0.1, -0.05) is 12.8 Å². The molecule has 0 spiro atoms. The average Bonchev–Trinajstić information content (AvgIpc) is 2.99. The molecule has 0 aromatic carbocycles. The van der Waals surface area contributed by atoms with Gasteiger partial charge in [-0.15, -0.1) is 0 Å². The summed E-state index contributed by atoms with van der Waals surface area (Å²) in [4.78, 5) is 42.4. The van der Waals surface area contributed by atoms with Crippen LogP contribution in [0.5, 0.6) is 0 Å². The number of piperidine rings is 1. The average molecular weight is 405 g/mol. The fraction of sp³-hybridized carbons (Fsp3) is 0.682. The third-order valence-electron chi connectivity index (χ3n) is 6.08. The molecule has 1 aliphatic heterocycles. The van der Waals surface area contributed by atoms with E-state index in [1.165, 1.54) is 19.3 Å². The number of amides is 1. The third kappa shape index (κ3) is 4.65. The smallest absolute Gasteiger partial charge is 0.355 e. The van der Waals surface area contributed by atoms with Gasteiger partial charge in [-0.2, -0.15) is 0 Å². The number of rotatable bonds is 5. The second-order valence-corrected chi connectivity index (χ2v) is 8.50. The Kier molecular flexibility index (Phi) is 6.65. The topological polar surface area (TPSA) is 88.7 Å². The lowest BCUT2D eigenvalue weighted by atomic mass is 9.78. The highest BCUT2D eigenvalue weighted by Crippen LogP contribution is 2.35. The van der Waals surface area contributed by atoms with Crippen LogP contribution >= 0.6 is 0 Å². The summed E-state index contributed by atoms with van der Waals surface area (Å²) in [7, 11) is 0. The van der Waals surface area contributed by atoms with Crippen LogP contribution in [0.4, 0.5) is 0 Å². The summed E-state index contributed by atoms with van der Waals surface area (Å²) in [6, 6.07) is 0.288. The van der Waals surface area contributed by atoms with E-state index in [0.717, 1.165) is 25.8 Å². The molecule has 2 fully saturated rings. The number of aryl methyl sites for hydroxylation is 1. The molecule has 2 atom stereocenters. The van der Waals surface area contributed by atoms with E-state index in [9.17, 15) is 14.4 Å². The molecule has 7 heteroatoms. The van der Waals surface area contributed by atoms with Crippen LogP contribution in [0.1, 0.15) is 84.5 Å². The van der Waals surface area contributed by atoms with Crippen molar-refractivity contribution >= 4 is 17.8 Å². The lowest BCUT2D eigenvalue weighted by molar-refractivity contribution is -0.140. The van der Waals surface area contributed by atoms with Crippen molar-refractivity contribution in [1.82, 2.24) is 9.88 Å². The molecule has 29 heavy (non-hydrogen) atoms. The maximum Gasteiger partial charge on any atom is 0.355 e. The number of aromatic amines is 1. The molecule has 1 saturated heterocycles. The zero-order valence-corrected chi connectivity index (χ0v) is 17.9. The number of nitrogens with one attached hydrogen (secondary N) is 1. The Morgan fingerprint density at radius 3 is 2.48 bits per heavy atom. The van der Waals surface area contributed by atoms with Crippen molar-refractivity contribution in [2.75, 3.05) is 13.2 Å². The van der Waals surface area contributed by atoms with Crippen molar-refractivity contribution in [1.29, 1.82) is 0 Å². The van der Waals surface area contributed by atoms with Gasteiger partial charge in [0, 0.05) is 18.3 Å². The minimum atomic E-state index is -0.625. The zero-order chi connectivity index (χ0) is 21.1. The fourth-order valence-electron chi connectivity index (χ4n) is 4.75. The number of likely N-dealkylation sites (tertiary alicyclic amines) is 1. The second kappa shape index (κ2) is 9.01. The van der Waals surface area contributed by atoms with Crippen molar-refractivity contribution in [2.24, 2.45) is 5.92 Å². The van der Waals surface area contributed by atoms with E-state index >= 15 is 0 Å². The third-order valence-corrected chi connectivity index (χ3v) is 6.08. The Bertz CT molecular complexity index is 780. The van der Waals surface area contributed by atoms with Gasteiger partial charge >= 0.3 is 11.9 Å². The highest BCUT2D eigenvalue weighted by Gasteiger charge is 2.36. The van der Waals surface area contributed by atoms with E-state index in [1.54, 1.807) is 27.7 Å². The summed E-state index contributed by atoms with van der Waals surface area (Å²) < 4.78 is 10.6. The summed E-state index contributed by atoms with van der Waals surface area (Å²) in [6.07, 6.45) is 6.57. The highest BCUT2D eigenvalue weighted by molar-refractivity contribution is 5.99. The maximum atomic E-state index is 12.7. The van der Waals surface area contributed by atoms with Crippen molar-refractivity contribution < 1.29 is 23.9 Å². The predicted molar refractivity (Wildman–Crippen MR) is 108 cm³/mol. The number of ether oxygens (including phenoxy) is 2. The van der Waals surface area contributed by atoms with Gasteiger partial charge in [-0.3, -0.25) is 4.79 Å². The molecule has 160 valence electrons. The molecule has 1 aromatic heterocycles. The molecule has 1 amide bonds. The van der Waals surface area contributed by atoms with Gasteiger partial charge in [-0.05, 0) is 64.9 Å². The van der Waals surface area contributed by atoms with Gasteiger partial charge in [0.2, 0.25) is 0 Å². The number of carbonyl (C=O) groups excluding carboxylic acids is 3. The van der Waals surface area contributed by atoms with Gasteiger partial charge < -0.3 is 19.4 Å². The molecule has 0 bridgehead atoms. The monoisotopic (exact) mass is 404 g/mol. The summed E-state index contributed by atoms with van der Waals surface area (Å²) in [5, 5.41) is 0. The molecule has 7 nitrogen and oxygen atoms in total. The van der Waals surface area contributed by atoms with E-state index in [4.69, 9.17) is 9.47 Å². The predicted octanol–water partition coefficient (Wildman–Crippen LogP) is 3.53. The normalized spacial score (nSPS) is 21.6. The summed E-state index contributed by atoms with van der Waals surface area (Å²) >= 11 is 0. The van der Waals surface area contributed by atoms with Crippen LogP contribution < -0.4 is 0 Å². The number of esters is 2. The van der Waals surface area contributed by atoms with Gasteiger partial charge in [-0.25, -0.2) is 9.59 Å². The first kappa shape index (κ1) is 21.4. The Morgan fingerprint density at radius 2 is 1.76 bits per heavy atom. The van der Waals surface area contributed by atoms with Crippen LogP contribution in [-0.2, 0) is 14.3 Å².